The molecule has 23 heavy (non-hydrogen) atoms. The minimum absolute atomic E-state index is 0.306. The lowest BCUT2D eigenvalue weighted by Gasteiger charge is -2.16. The Morgan fingerprint density at radius 1 is 1.35 bits per heavy atom. The lowest BCUT2D eigenvalue weighted by Crippen LogP contribution is -2.42. The van der Waals surface area contributed by atoms with Gasteiger partial charge in [0.2, 0.25) is 0 Å². The molecule has 2 aromatic heterocycles. The summed E-state index contributed by atoms with van der Waals surface area (Å²) in [5.41, 5.74) is 0.978. The first-order valence-corrected chi connectivity index (χ1v) is 8.77. The van der Waals surface area contributed by atoms with E-state index in [9.17, 15) is 0 Å². The van der Waals surface area contributed by atoms with Crippen LogP contribution < -0.4 is 10.6 Å². The number of aromatic nitrogens is 1. The average molecular weight is 334 g/mol. The minimum atomic E-state index is 0.306. The number of aliphatic imine (C=N–C) groups is 1. The number of guanidine groups is 1. The first-order valence-electron chi connectivity index (χ1n) is 7.96. The highest BCUT2D eigenvalue weighted by atomic mass is 32.1. The molecule has 2 heterocycles. The number of nitrogens with zero attached hydrogens (tertiary/aromatic N) is 2. The van der Waals surface area contributed by atoms with Crippen LogP contribution in [0.5, 0.6) is 0 Å². The van der Waals surface area contributed by atoms with Crippen molar-refractivity contribution in [3.8, 4) is 0 Å². The first kappa shape index (κ1) is 17.5. The van der Waals surface area contributed by atoms with E-state index in [0.29, 0.717) is 18.5 Å². The molecule has 0 spiro atoms. The zero-order valence-electron chi connectivity index (χ0n) is 14.5. The van der Waals surface area contributed by atoms with Crippen molar-refractivity contribution in [2.45, 2.75) is 52.6 Å². The topological polar surface area (TPSA) is 62.5 Å². The van der Waals surface area contributed by atoms with E-state index in [4.69, 9.17) is 4.52 Å². The molecule has 0 aliphatic rings. The number of thiophene rings is 1. The number of nitrogens with one attached hydrogen (secondary N) is 2. The van der Waals surface area contributed by atoms with Crippen LogP contribution in [-0.4, -0.2) is 24.2 Å². The summed E-state index contributed by atoms with van der Waals surface area (Å²) >= 11 is 1.84. The van der Waals surface area contributed by atoms with Gasteiger partial charge < -0.3 is 15.2 Å². The van der Waals surface area contributed by atoms with Crippen LogP contribution in [0.15, 0.2) is 27.7 Å². The second-order valence-electron chi connectivity index (χ2n) is 6.06. The fraction of sp³-hybridized carbons (Fsp3) is 0.529. The Balaban J connectivity index is 1.82. The third-order valence-electron chi connectivity index (χ3n) is 3.51. The van der Waals surface area contributed by atoms with Crippen molar-refractivity contribution in [3.05, 3.63) is 39.4 Å². The number of rotatable bonds is 6. The predicted octanol–water partition coefficient (Wildman–Crippen LogP) is 3.46. The van der Waals surface area contributed by atoms with Gasteiger partial charge in [0.1, 0.15) is 0 Å². The van der Waals surface area contributed by atoms with Crippen LogP contribution in [0.25, 0.3) is 0 Å². The van der Waals surface area contributed by atoms with Crippen LogP contribution in [0, 0.1) is 6.92 Å². The van der Waals surface area contributed by atoms with Gasteiger partial charge in [-0.25, -0.2) is 0 Å². The van der Waals surface area contributed by atoms with Gasteiger partial charge in [-0.05, 0) is 31.9 Å². The molecule has 0 amide bonds. The van der Waals surface area contributed by atoms with E-state index in [1.165, 1.54) is 9.75 Å². The Morgan fingerprint density at radius 2 is 2.13 bits per heavy atom. The molecule has 0 fully saturated rings. The Bertz CT molecular complexity index is 645. The second kappa shape index (κ2) is 8.15. The van der Waals surface area contributed by atoms with Gasteiger partial charge in [-0.3, -0.25) is 4.99 Å². The highest BCUT2D eigenvalue weighted by molar-refractivity contribution is 7.11. The number of aryl methyl sites for hydroxylation is 1. The minimum Gasteiger partial charge on any atom is -0.359 e. The van der Waals surface area contributed by atoms with Crippen LogP contribution >= 0.6 is 11.3 Å². The van der Waals surface area contributed by atoms with Gasteiger partial charge >= 0.3 is 0 Å². The molecular formula is C17H26N4OS. The maximum Gasteiger partial charge on any atom is 0.191 e. The predicted molar refractivity (Wildman–Crippen MR) is 96.1 cm³/mol. The van der Waals surface area contributed by atoms with Crippen molar-refractivity contribution < 1.29 is 4.52 Å². The molecule has 0 aliphatic heterocycles. The van der Waals surface area contributed by atoms with Crippen molar-refractivity contribution in [2.24, 2.45) is 4.99 Å². The van der Waals surface area contributed by atoms with Gasteiger partial charge in [-0.2, -0.15) is 0 Å². The van der Waals surface area contributed by atoms with E-state index >= 15 is 0 Å². The molecule has 6 heteroatoms. The monoisotopic (exact) mass is 334 g/mol. The summed E-state index contributed by atoms with van der Waals surface area (Å²) in [6.45, 7) is 9.07. The molecule has 1 atom stereocenters. The lowest BCUT2D eigenvalue weighted by atomic mass is 10.1. The molecule has 1 unspecified atom stereocenters. The molecule has 0 saturated carbocycles. The summed E-state index contributed by atoms with van der Waals surface area (Å²) in [6.07, 6.45) is 0.985. The molecule has 0 bridgehead atoms. The smallest absolute Gasteiger partial charge is 0.191 e. The van der Waals surface area contributed by atoms with Crippen LogP contribution in [-0.2, 0) is 13.0 Å². The van der Waals surface area contributed by atoms with E-state index in [0.717, 1.165) is 23.8 Å². The summed E-state index contributed by atoms with van der Waals surface area (Å²) in [5.74, 6) is 1.96. The molecule has 5 nitrogen and oxygen atoms in total. The van der Waals surface area contributed by atoms with Crippen molar-refractivity contribution >= 4 is 17.3 Å². The molecule has 2 N–H and O–H groups in total. The molecule has 126 valence electrons. The summed E-state index contributed by atoms with van der Waals surface area (Å²) in [4.78, 5) is 7.00. The fourth-order valence-electron chi connectivity index (χ4n) is 2.23. The molecule has 2 rings (SSSR count). The Morgan fingerprint density at radius 3 is 2.70 bits per heavy atom. The van der Waals surface area contributed by atoms with E-state index in [1.807, 2.05) is 17.4 Å². The third-order valence-corrected chi connectivity index (χ3v) is 4.53. The molecule has 2 aromatic rings. The first-order chi connectivity index (χ1) is 11.0. The van der Waals surface area contributed by atoms with Crippen molar-refractivity contribution in [3.63, 3.8) is 0 Å². The van der Waals surface area contributed by atoms with Gasteiger partial charge in [0.25, 0.3) is 0 Å². The van der Waals surface area contributed by atoms with Crippen LogP contribution in [0.1, 0.15) is 47.9 Å². The van der Waals surface area contributed by atoms with E-state index in [2.05, 4.69) is 60.6 Å². The molecule has 0 radical (unpaired) electrons. The zero-order valence-corrected chi connectivity index (χ0v) is 15.3. The maximum absolute atomic E-state index is 5.33. The van der Waals surface area contributed by atoms with Gasteiger partial charge in [0.15, 0.2) is 11.7 Å². The highest BCUT2D eigenvalue weighted by Gasteiger charge is 2.10. The van der Waals surface area contributed by atoms with E-state index in [1.54, 1.807) is 7.05 Å². The third kappa shape index (κ3) is 5.39. The average Bonchev–Trinajstić information content (AvgIpc) is 3.12. The standard InChI is InChI=1S/C17H26N4OS/c1-11(2)16-9-14(22-21-16)10-19-17(18-5)20-12(3)8-15-7-6-13(4)23-15/h6-7,9,11-12H,8,10H2,1-5H3,(H2,18,19,20). The Hall–Kier alpha value is -1.82. The maximum atomic E-state index is 5.33. The number of hydrogen-bond donors (Lipinski definition) is 2. The fourth-order valence-corrected chi connectivity index (χ4v) is 3.25. The Labute approximate surface area is 142 Å². The molecule has 0 saturated heterocycles. The van der Waals surface area contributed by atoms with Crippen LogP contribution in [0.3, 0.4) is 0 Å². The van der Waals surface area contributed by atoms with E-state index < -0.39 is 0 Å². The van der Waals surface area contributed by atoms with Crippen molar-refractivity contribution in [1.82, 2.24) is 15.8 Å². The summed E-state index contributed by atoms with van der Waals surface area (Å²) < 4.78 is 5.33. The van der Waals surface area contributed by atoms with Gasteiger partial charge in [-0.15, -0.1) is 11.3 Å². The summed E-state index contributed by atoms with van der Waals surface area (Å²) in [6, 6.07) is 6.65. The van der Waals surface area contributed by atoms with Gasteiger partial charge in [0, 0.05) is 35.3 Å². The number of hydrogen-bond acceptors (Lipinski definition) is 4. The lowest BCUT2D eigenvalue weighted by molar-refractivity contribution is 0.371. The van der Waals surface area contributed by atoms with Crippen LogP contribution in [0.4, 0.5) is 0 Å². The van der Waals surface area contributed by atoms with E-state index in [-0.39, 0.29) is 0 Å². The molecular weight excluding hydrogens is 308 g/mol. The largest absolute Gasteiger partial charge is 0.359 e. The van der Waals surface area contributed by atoms with Crippen molar-refractivity contribution in [2.75, 3.05) is 7.05 Å². The normalized spacial score (nSPS) is 13.4. The van der Waals surface area contributed by atoms with Crippen molar-refractivity contribution in [1.29, 1.82) is 0 Å². The summed E-state index contributed by atoms with van der Waals surface area (Å²) in [5, 5.41) is 10.7. The molecule has 0 aliphatic carbocycles. The van der Waals surface area contributed by atoms with Crippen LogP contribution in [0.2, 0.25) is 0 Å². The molecule has 0 aromatic carbocycles. The second-order valence-corrected chi connectivity index (χ2v) is 7.43. The van der Waals surface area contributed by atoms with Gasteiger partial charge in [-0.1, -0.05) is 19.0 Å². The zero-order chi connectivity index (χ0) is 16.8. The highest BCUT2D eigenvalue weighted by Crippen LogP contribution is 2.16. The SMILES string of the molecule is CN=C(NCc1cc(C(C)C)no1)NC(C)Cc1ccc(C)s1. The Kier molecular flexibility index (Phi) is 6.21. The van der Waals surface area contributed by atoms with Gasteiger partial charge in [0.05, 0.1) is 12.2 Å². The summed E-state index contributed by atoms with van der Waals surface area (Å²) in [7, 11) is 1.78. The quantitative estimate of drug-likeness (QED) is 0.627.